The van der Waals surface area contributed by atoms with Gasteiger partial charge < -0.3 is 19.9 Å². The van der Waals surface area contributed by atoms with E-state index in [0.29, 0.717) is 29.6 Å². The Morgan fingerprint density at radius 3 is 2.78 bits per heavy atom. The Bertz CT molecular complexity index is 865. The molecular formula is C19H21F4N3O. The maximum Gasteiger partial charge on any atom is 0.406 e. The number of benzene rings is 1. The SMILES string of the molecule is CN1CCC(Nc2cccc3c2cc(C#CCO)n3CC(F)(F)F)C(F)C1. The number of hydrogen-bond acceptors (Lipinski definition) is 3. The fourth-order valence-electron chi connectivity index (χ4n) is 3.41. The minimum absolute atomic E-state index is 0.158. The molecule has 1 aromatic heterocycles. The summed E-state index contributed by atoms with van der Waals surface area (Å²) < 4.78 is 54.5. The number of alkyl halides is 4. The van der Waals surface area contributed by atoms with Crippen LogP contribution in [0.3, 0.4) is 0 Å². The number of aliphatic hydroxyl groups is 1. The first-order valence-electron chi connectivity index (χ1n) is 8.66. The zero-order valence-corrected chi connectivity index (χ0v) is 14.9. The van der Waals surface area contributed by atoms with Gasteiger partial charge in [0.1, 0.15) is 19.3 Å². The highest BCUT2D eigenvalue weighted by Crippen LogP contribution is 2.31. The number of piperidine rings is 1. The van der Waals surface area contributed by atoms with Crippen LogP contribution in [0.2, 0.25) is 0 Å². The van der Waals surface area contributed by atoms with Crippen LogP contribution in [0.1, 0.15) is 12.1 Å². The van der Waals surface area contributed by atoms with E-state index in [1.807, 2.05) is 11.9 Å². The second-order valence-electron chi connectivity index (χ2n) is 6.75. The summed E-state index contributed by atoms with van der Waals surface area (Å²) >= 11 is 0. The predicted molar refractivity (Wildman–Crippen MR) is 96.4 cm³/mol. The van der Waals surface area contributed by atoms with Crippen LogP contribution in [-0.4, -0.2) is 59.7 Å². The van der Waals surface area contributed by atoms with Crippen molar-refractivity contribution in [2.24, 2.45) is 0 Å². The highest BCUT2D eigenvalue weighted by atomic mass is 19.4. The summed E-state index contributed by atoms with van der Waals surface area (Å²) in [6.07, 6.45) is -4.87. The molecule has 1 aliphatic rings. The lowest BCUT2D eigenvalue weighted by molar-refractivity contribution is -0.140. The van der Waals surface area contributed by atoms with Crippen LogP contribution in [0, 0.1) is 11.8 Å². The lowest BCUT2D eigenvalue weighted by Crippen LogP contribution is -2.46. The van der Waals surface area contributed by atoms with Crippen LogP contribution in [0.25, 0.3) is 10.9 Å². The summed E-state index contributed by atoms with van der Waals surface area (Å²) in [7, 11) is 1.85. The van der Waals surface area contributed by atoms with E-state index in [9.17, 15) is 17.6 Å². The normalized spacial score (nSPS) is 21.1. The highest BCUT2D eigenvalue weighted by molar-refractivity contribution is 5.94. The first-order valence-corrected chi connectivity index (χ1v) is 8.66. The summed E-state index contributed by atoms with van der Waals surface area (Å²) in [6, 6.07) is 6.11. The summed E-state index contributed by atoms with van der Waals surface area (Å²) in [6.45, 7) is -0.570. The van der Waals surface area contributed by atoms with Crippen LogP contribution in [-0.2, 0) is 6.54 Å². The molecule has 1 aromatic carbocycles. The van der Waals surface area contributed by atoms with E-state index in [1.165, 1.54) is 0 Å². The predicted octanol–water partition coefficient (Wildman–Crippen LogP) is 3.00. The lowest BCUT2D eigenvalue weighted by atomic mass is 10.0. The lowest BCUT2D eigenvalue weighted by Gasteiger charge is -2.33. The van der Waals surface area contributed by atoms with Crippen molar-refractivity contribution in [2.45, 2.75) is 31.4 Å². The molecule has 2 unspecified atom stereocenters. The van der Waals surface area contributed by atoms with E-state index < -0.39 is 31.5 Å². The zero-order valence-electron chi connectivity index (χ0n) is 14.9. The molecule has 0 radical (unpaired) electrons. The van der Waals surface area contributed by atoms with Crippen LogP contribution in [0.5, 0.6) is 0 Å². The van der Waals surface area contributed by atoms with Crippen molar-refractivity contribution in [2.75, 3.05) is 32.1 Å². The van der Waals surface area contributed by atoms with Gasteiger partial charge in [-0.1, -0.05) is 12.0 Å². The number of nitrogens with zero attached hydrogens (tertiary/aromatic N) is 2. The van der Waals surface area contributed by atoms with Gasteiger partial charge in [-0.05, 0) is 37.6 Å². The Morgan fingerprint density at radius 1 is 1.33 bits per heavy atom. The topological polar surface area (TPSA) is 40.4 Å². The van der Waals surface area contributed by atoms with E-state index in [2.05, 4.69) is 17.2 Å². The van der Waals surface area contributed by atoms with E-state index in [1.54, 1.807) is 24.3 Å². The van der Waals surface area contributed by atoms with Crippen LogP contribution in [0.15, 0.2) is 24.3 Å². The molecule has 0 bridgehead atoms. The van der Waals surface area contributed by atoms with E-state index in [0.717, 1.165) is 11.1 Å². The molecule has 0 spiro atoms. The summed E-state index contributed by atoms with van der Waals surface area (Å²) in [5, 5.41) is 12.6. The van der Waals surface area contributed by atoms with Crippen molar-refractivity contribution in [1.29, 1.82) is 0 Å². The summed E-state index contributed by atoms with van der Waals surface area (Å²) in [4.78, 5) is 1.91. The van der Waals surface area contributed by atoms with Crippen molar-refractivity contribution in [3.8, 4) is 11.8 Å². The van der Waals surface area contributed by atoms with Crippen molar-refractivity contribution in [3.05, 3.63) is 30.0 Å². The van der Waals surface area contributed by atoms with E-state index in [4.69, 9.17) is 5.11 Å². The Hall–Kier alpha value is -2.24. The highest BCUT2D eigenvalue weighted by Gasteiger charge is 2.31. The number of anilines is 1. The average Bonchev–Trinajstić information content (AvgIpc) is 2.92. The Balaban J connectivity index is 2.00. The van der Waals surface area contributed by atoms with E-state index >= 15 is 0 Å². The molecule has 2 aromatic rings. The van der Waals surface area contributed by atoms with Crippen molar-refractivity contribution in [3.63, 3.8) is 0 Å². The number of hydrogen-bond donors (Lipinski definition) is 2. The number of aromatic nitrogens is 1. The van der Waals surface area contributed by atoms with Crippen LogP contribution >= 0.6 is 0 Å². The van der Waals surface area contributed by atoms with Gasteiger partial charge in [-0.15, -0.1) is 0 Å². The molecule has 1 fully saturated rings. The van der Waals surface area contributed by atoms with Gasteiger partial charge in [-0.25, -0.2) is 4.39 Å². The van der Waals surface area contributed by atoms with Crippen molar-refractivity contribution < 1.29 is 22.7 Å². The van der Waals surface area contributed by atoms with Crippen molar-refractivity contribution >= 4 is 16.6 Å². The first-order chi connectivity index (χ1) is 12.8. The molecule has 8 heteroatoms. The second-order valence-corrected chi connectivity index (χ2v) is 6.75. The number of halogens is 4. The fourth-order valence-corrected chi connectivity index (χ4v) is 3.41. The quantitative estimate of drug-likeness (QED) is 0.633. The number of fused-ring (bicyclic) bond motifs is 1. The minimum Gasteiger partial charge on any atom is -0.384 e. The molecule has 0 aliphatic carbocycles. The first kappa shape index (κ1) is 19.5. The van der Waals surface area contributed by atoms with Gasteiger partial charge in [0.25, 0.3) is 0 Å². The van der Waals surface area contributed by atoms with Gasteiger partial charge >= 0.3 is 6.18 Å². The summed E-state index contributed by atoms with van der Waals surface area (Å²) in [5.74, 6) is 4.97. The third-order valence-electron chi connectivity index (χ3n) is 4.66. The maximum atomic E-state index is 14.3. The smallest absolute Gasteiger partial charge is 0.384 e. The zero-order chi connectivity index (χ0) is 19.6. The number of likely N-dealkylation sites (tertiary alicyclic amines) is 1. The molecule has 146 valence electrons. The monoisotopic (exact) mass is 383 g/mol. The molecule has 1 aliphatic heterocycles. The molecule has 1 saturated heterocycles. The van der Waals surface area contributed by atoms with Gasteiger partial charge in [0.15, 0.2) is 0 Å². The van der Waals surface area contributed by atoms with Crippen LogP contribution < -0.4 is 5.32 Å². The fraction of sp³-hybridized carbons (Fsp3) is 0.474. The maximum absolute atomic E-state index is 14.3. The molecular weight excluding hydrogens is 362 g/mol. The Labute approximate surface area is 154 Å². The average molecular weight is 383 g/mol. The third-order valence-corrected chi connectivity index (χ3v) is 4.66. The van der Waals surface area contributed by atoms with Gasteiger partial charge in [0.05, 0.1) is 17.3 Å². The van der Waals surface area contributed by atoms with Crippen molar-refractivity contribution in [1.82, 2.24) is 9.47 Å². The Morgan fingerprint density at radius 2 is 2.11 bits per heavy atom. The standard InChI is InChI=1S/C19H21F4N3O/c1-25-8-7-17(15(20)11-25)24-16-5-2-6-18-14(16)10-13(4-3-9-27)26(18)12-19(21,22)23/h2,5-6,10,15,17,24,27H,7-9,11-12H2,1H3. The molecule has 0 amide bonds. The minimum atomic E-state index is -4.41. The largest absolute Gasteiger partial charge is 0.406 e. The third kappa shape index (κ3) is 4.54. The number of rotatable bonds is 3. The molecule has 3 rings (SSSR count). The van der Waals surface area contributed by atoms with E-state index in [-0.39, 0.29) is 5.69 Å². The van der Waals surface area contributed by atoms with Crippen LogP contribution in [0.4, 0.5) is 23.2 Å². The molecule has 0 saturated carbocycles. The van der Waals surface area contributed by atoms with Gasteiger partial charge in [-0.3, -0.25) is 0 Å². The second kappa shape index (κ2) is 7.79. The number of nitrogens with one attached hydrogen (secondary N) is 1. The molecule has 4 nitrogen and oxygen atoms in total. The number of aliphatic hydroxyl groups excluding tert-OH is 1. The van der Waals surface area contributed by atoms with Gasteiger partial charge in [0.2, 0.25) is 0 Å². The van der Waals surface area contributed by atoms with Gasteiger partial charge in [0, 0.05) is 24.2 Å². The molecule has 2 atom stereocenters. The summed E-state index contributed by atoms with van der Waals surface area (Å²) in [5.41, 5.74) is 1.10. The molecule has 2 heterocycles. The van der Waals surface area contributed by atoms with Gasteiger partial charge in [-0.2, -0.15) is 13.2 Å². The molecule has 27 heavy (non-hydrogen) atoms. The Kier molecular flexibility index (Phi) is 5.63. The molecule has 2 N–H and O–H groups in total.